The maximum Gasteiger partial charge on any atom is 0.432 e. The Morgan fingerprint density at radius 3 is 1.67 bits per heavy atom. The molecule has 0 saturated carbocycles. The first kappa shape index (κ1) is 21.5. The first-order valence-electron chi connectivity index (χ1n) is 7.12. The van der Waals surface area contributed by atoms with E-state index in [0.29, 0.717) is 17.7 Å². The molecule has 0 radical (unpaired) electrons. The second kappa shape index (κ2) is 6.99. The molecule has 0 N–H and O–H groups in total. The fraction of sp³-hybridized carbons (Fsp3) is 0.250. The summed E-state index contributed by atoms with van der Waals surface area (Å²) < 4.78 is 110. The van der Waals surface area contributed by atoms with Crippen molar-refractivity contribution in [1.82, 2.24) is 0 Å². The van der Waals surface area contributed by atoms with Gasteiger partial charge in [-0.2, -0.15) is 34.8 Å². The number of hydrogen-bond acceptors (Lipinski definition) is 3. The van der Waals surface area contributed by atoms with E-state index in [9.17, 15) is 34.8 Å². The van der Waals surface area contributed by atoms with Gasteiger partial charge in [0.2, 0.25) is 0 Å². The number of alkyl halides is 6. The average Bonchev–Trinajstić information content (AvgIpc) is 2.51. The van der Waals surface area contributed by atoms with Crippen molar-refractivity contribution in [2.24, 2.45) is 0 Å². The predicted molar refractivity (Wildman–Crippen MR) is 84.7 cm³/mol. The first-order chi connectivity index (χ1) is 12.2. The molecule has 0 saturated heterocycles. The van der Waals surface area contributed by atoms with Gasteiger partial charge in [0.1, 0.15) is 0 Å². The van der Waals surface area contributed by atoms with Crippen molar-refractivity contribution in [2.45, 2.75) is 29.8 Å². The van der Waals surface area contributed by atoms with Gasteiger partial charge in [-0.3, -0.25) is 0 Å². The Balaban J connectivity index is 2.72. The van der Waals surface area contributed by atoms with Crippen molar-refractivity contribution in [2.75, 3.05) is 0 Å². The van der Waals surface area contributed by atoms with Crippen LogP contribution in [0, 0.1) is 6.92 Å². The molecule has 0 aliphatic rings. The first-order valence-corrected chi connectivity index (χ1v) is 8.91. The molecule has 27 heavy (non-hydrogen) atoms. The molecule has 0 aromatic heterocycles. The molecule has 2 rings (SSSR count). The molecule has 3 nitrogen and oxygen atoms in total. The maximum atomic E-state index is 13.6. The highest BCUT2D eigenvalue weighted by atomic mass is 35.5. The molecule has 0 unspecified atom stereocenters. The number of benzene rings is 2. The minimum atomic E-state index is -6.12. The Morgan fingerprint density at radius 2 is 1.26 bits per heavy atom. The van der Waals surface area contributed by atoms with Crippen LogP contribution >= 0.6 is 11.6 Å². The molecular formula is C16H11ClF6O3S. The molecule has 0 spiro atoms. The predicted octanol–water partition coefficient (Wildman–Crippen LogP) is 5.37. The summed E-state index contributed by atoms with van der Waals surface area (Å²) >= 11 is 5.56. The van der Waals surface area contributed by atoms with Gasteiger partial charge in [-0.15, -0.1) is 0 Å². The van der Waals surface area contributed by atoms with E-state index in [-0.39, 0.29) is 5.02 Å². The molecule has 0 fully saturated rings. The highest BCUT2D eigenvalue weighted by molar-refractivity contribution is 7.86. The minimum Gasteiger partial charge on any atom is -0.235 e. The maximum absolute atomic E-state index is 13.6. The Hall–Kier alpha value is -1.78. The third-order valence-electron chi connectivity index (χ3n) is 3.59. The van der Waals surface area contributed by atoms with E-state index >= 15 is 0 Å². The monoisotopic (exact) mass is 432 g/mol. The summed E-state index contributed by atoms with van der Waals surface area (Å²) in [6.45, 7) is 1.44. The van der Waals surface area contributed by atoms with Crippen LogP contribution in [0.4, 0.5) is 26.3 Å². The smallest absolute Gasteiger partial charge is 0.235 e. The van der Waals surface area contributed by atoms with Crippen molar-refractivity contribution in [1.29, 1.82) is 0 Å². The average molecular weight is 433 g/mol. The summed E-state index contributed by atoms with van der Waals surface area (Å²) in [6.07, 6.45) is -12.2. The van der Waals surface area contributed by atoms with E-state index in [0.717, 1.165) is 36.4 Å². The molecule has 0 aliphatic carbocycles. The molecular weight excluding hydrogens is 422 g/mol. The molecule has 0 aliphatic heterocycles. The van der Waals surface area contributed by atoms with Crippen LogP contribution in [0.25, 0.3) is 0 Å². The SMILES string of the molecule is Cc1ccc(C(OS(=O)(=O)c2ccc(Cl)cc2)(C(F)(F)F)C(F)(F)F)cc1. The summed E-state index contributed by atoms with van der Waals surface area (Å²) in [5, 5.41) is 0.0328. The zero-order valence-electron chi connectivity index (χ0n) is 13.4. The van der Waals surface area contributed by atoms with Crippen LogP contribution in [-0.2, 0) is 19.9 Å². The van der Waals surface area contributed by atoms with Gasteiger partial charge < -0.3 is 0 Å². The van der Waals surface area contributed by atoms with Crippen LogP contribution < -0.4 is 0 Å². The fourth-order valence-corrected chi connectivity index (χ4v) is 3.54. The lowest BCUT2D eigenvalue weighted by Crippen LogP contribution is -2.56. The Morgan fingerprint density at radius 1 is 0.815 bits per heavy atom. The largest absolute Gasteiger partial charge is 0.432 e. The molecule has 2 aromatic carbocycles. The van der Waals surface area contributed by atoms with Crippen molar-refractivity contribution >= 4 is 21.7 Å². The zero-order chi connectivity index (χ0) is 20.7. The standard InChI is InChI=1S/C16H11ClF6O3S/c1-10-2-4-11(5-3-10)14(15(18,19)20,16(21,22)23)26-27(24,25)13-8-6-12(17)7-9-13/h2-9H,1H3. The summed E-state index contributed by atoms with van der Waals surface area (Å²) in [5.41, 5.74) is -6.12. The second-order valence-corrected chi connectivity index (χ2v) is 7.52. The summed E-state index contributed by atoms with van der Waals surface area (Å²) in [5.74, 6) is 0. The van der Waals surface area contributed by atoms with Crippen LogP contribution in [0.15, 0.2) is 53.4 Å². The molecule has 0 bridgehead atoms. The molecule has 0 heterocycles. The van der Waals surface area contributed by atoms with Gasteiger partial charge >= 0.3 is 18.0 Å². The van der Waals surface area contributed by atoms with Crippen LogP contribution in [-0.4, -0.2) is 20.8 Å². The van der Waals surface area contributed by atoms with Crippen molar-refractivity contribution in [3.05, 3.63) is 64.7 Å². The van der Waals surface area contributed by atoms with E-state index in [1.807, 2.05) is 0 Å². The van der Waals surface area contributed by atoms with Crippen molar-refractivity contribution in [3.63, 3.8) is 0 Å². The zero-order valence-corrected chi connectivity index (χ0v) is 15.0. The lowest BCUT2D eigenvalue weighted by molar-refractivity contribution is -0.364. The topological polar surface area (TPSA) is 43.4 Å². The highest BCUT2D eigenvalue weighted by Crippen LogP contribution is 2.54. The summed E-state index contributed by atoms with van der Waals surface area (Å²) in [6, 6.07) is 6.48. The van der Waals surface area contributed by atoms with Gasteiger partial charge in [0.05, 0.1) is 4.90 Å². The molecule has 2 aromatic rings. The van der Waals surface area contributed by atoms with Crippen LogP contribution in [0.1, 0.15) is 11.1 Å². The van der Waals surface area contributed by atoms with Gasteiger partial charge in [-0.05, 0) is 31.2 Å². The lowest BCUT2D eigenvalue weighted by atomic mass is 9.92. The normalized spacial score (nSPS) is 13.6. The van der Waals surface area contributed by atoms with E-state index in [2.05, 4.69) is 4.18 Å². The van der Waals surface area contributed by atoms with Crippen molar-refractivity contribution in [3.8, 4) is 0 Å². The van der Waals surface area contributed by atoms with Crippen LogP contribution in [0.3, 0.4) is 0 Å². The number of halogens is 7. The van der Waals surface area contributed by atoms with Gasteiger partial charge in [0.25, 0.3) is 10.1 Å². The molecule has 0 atom stereocenters. The van der Waals surface area contributed by atoms with E-state index in [4.69, 9.17) is 11.6 Å². The molecule has 11 heteroatoms. The second-order valence-electron chi connectivity index (χ2n) is 5.53. The van der Waals surface area contributed by atoms with E-state index in [1.54, 1.807) is 0 Å². The van der Waals surface area contributed by atoms with Gasteiger partial charge in [-0.1, -0.05) is 41.4 Å². The summed E-state index contributed by atoms with van der Waals surface area (Å²) in [7, 11) is -5.46. The Labute approximate surface area is 155 Å². The summed E-state index contributed by atoms with van der Waals surface area (Å²) in [4.78, 5) is -0.906. The number of rotatable bonds is 4. The number of hydrogen-bond donors (Lipinski definition) is 0. The van der Waals surface area contributed by atoms with Crippen LogP contribution in [0.5, 0.6) is 0 Å². The van der Waals surface area contributed by atoms with Crippen molar-refractivity contribution < 1.29 is 38.9 Å². The highest BCUT2D eigenvalue weighted by Gasteiger charge is 2.75. The molecule has 148 valence electrons. The van der Waals surface area contributed by atoms with Gasteiger partial charge in [0, 0.05) is 10.6 Å². The fourth-order valence-electron chi connectivity index (χ4n) is 2.23. The Bertz CT molecular complexity index is 889. The van der Waals surface area contributed by atoms with Gasteiger partial charge in [0.15, 0.2) is 0 Å². The third-order valence-corrected chi connectivity index (χ3v) is 5.16. The Kier molecular flexibility index (Phi) is 5.57. The molecule has 0 amide bonds. The van der Waals surface area contributed by atoms with E-state index < -0.39 is 38.5 Å². The lowest BCUT2D eigenvalue weighted by Gasteiger charge is -2.36. The quantitative estimate of drug-likeness (QED) is 0.481. The van der Waals surface area contributed by atoms with Gasteiger partial charge in [-0.25, -0.2) is 4.18 Å². The van der Waals surface area contributed by atoms with Crippen LogP contribution in [0.2, 0.25) is 5.02 Å². The van der Waals surface area contributed by atoms with E-state index in [1.165, 1.54) is 6.92 Å². The third kappa shape index (κ3) is 4.07. The number of aryl methyl sites for hydroxylation is 1. The minimum absolute atomic E-state index is 0.0328.